The van der Waals surface area contributed by atoms with Crippen molar-refractivity contribution in [3.63, 3.8) is 0 Å². The van der Waals surface area contributed by atoms with Crippen molar-refractivity contribution in [2.75, 3.05) is 17.8 Å². The zero-order valence-corrected chi connectivity index (χ0v) is 26.5. The number of benzene rings is 3. The zero-order valence-electron chi connectivity index (χ0n) is 25.7. The van der Waals surface area contributed by atoms with Gasteiger partial charge in [0.05, 0.1) is 23.7 Å². The Morgan fingerprint density at radius 1 is 1.00 bits per heavy atom. The standard InChI is InChI=1S/C34H42N2O7S/c1-23-30(21-36-19-9-14-29(36)32(38)43-34(2,3)4)41-33(42-31(23)25-17-15-24(22-37)16-18-25)26-10-8-11-27(20-26)35-44(39,40)28-12-6-5-7-13-28/h5-8,10-13,15-18,20,23,29-31,33,35,37H,9,14,19,21-22H2,1-4H3. The molecule has 2 saturated heterocycles. The summed E-state index contributed by atoms with van der Waals surface area (Å²) in [5.41, 5.74) is 2.23. The Bertz CT molecular complexity index is 1520. The van der Waals surface area contributed by atoms with Crippen molar-refractivity contribution in [3.05, 3.63) is 95.6 Å². The maximum Gasteiger partial charge on any atom is 0.323 e. The van der Waals surface area contributed by atoms with E-state index >= 15 is 0 Å². The largest absolute Gasteiger partial charge is 0.459 e. The Kier molecular flexibility index (Phi) is 9.77. The van der Waals surface area contributed by atoms with Gasteiger partial charge in [-0.2, -0.15) is 0 Å². The summed E-state index contributed by atoms with van der Waals surface area (Å²) in [6.45, 7) is 8.92. The van der Waals surface area contributed by atoms with E-state index in [1.165, 1.54) is 0 Å². The summed E-state index contributed by atoms with van der Waals surface area (Å²) in [7, 11) is -3.79. The maximum absolute atomic E-state index is 13.1. The Morgan fingerprint density at radius 3 is 2.41 bits per heavy atom. The van der Waals surface area contributed by atoms with Gasteiger partial charge in [0.2, 0.25) is 0 Å². The number of hydrogen-bond donors (Lipinski definition) is 2. The molecular formula is C34H42N2O7S. The van der Waals surface area contributed by atoms with Crippen molar-refractivity contribution >= 4 is 21.7 Å². The van der Waals surface area contributed by atoms with E-state index in [-0.39, 0.29) is 41.6 Å². The van der Waals surface area contributed by atoms with Gasteiger partial charge in [-0.1, -0.05) is 61.5 Å². The van der Waals surface area contributed by atoms with Gasteiger partial charge in [-0.15, -0.1) is 0 Å². The predicted octanol–water partition coefficient (Wildman–Crippen LogP) is 5.58. The summed E-state index contributed by atoms with van der Waals surface area (Å²) < 4.78 is 47.6. The first-order chi connectivity index (χ1) is 20.9. The van der Waals surface area contributed by atoms with Crippen LogP contribution < -0.4 is 4.72 Å². The van der Waals surface area contributed by atoms with Gasteiger partial charge in [0.25, 0.3) is 10.0 Å². The maximum atomic E-state index is 13.1. The monoisotopic (exact) mass is 622 g/mol. The highest BCUT2D eigenvalue weighted by atomic mass is 32.2. The van der Waals surface area contributed by atoms with Crippen LogP contribution in [0.15, 0.2) is 83.8 Å². The fourth-order valence-electron chi connectivity index (χ4n) is 5.80. The number of sulfonamides is 1. The zero-order chi connectivity index (χ0) is 31.5. The molecule has 2 aliphatic rings. The normalized spacial score (nSPS) is 24.6. The number of hydrogen-bond acceptors (Lipinski definition) is 8. The molecule has 0 aromatic heterocycles. The highest BCUT2D eigenvalue weighted by Crippen LogP contribution is 2.42. The second-order valence-corrected chi connectivity index (χ2v) is 14.2. The van der Waals surface area contributed by atoms with Gasteiger partial charge < -0.3 is 19.3 Å². The summed E-state index contributed by atoms with van der Waals surface area (Å²) in [6.07, 6.45) is 0.178. The number of aliphatic hydroxyl groups excluding tert-OH is 1. The van der Waals surface area contributed by atoms with Crippen LogP contribution in [0.5, 0.6) is 0 Å². The minimum absolute atomic E-state index is 0.0532. The number of likely N-dealkylation sites (tertiary alicyclic amines) is 1. The van der Waals surface area contributed by atoms with Gasteiger partial charge in [-0.25, -0.2) is 8.42 Å². The van der Waals surface area contributed by atoms with Crippen molar-refractivity contribution in [3.8, 4) is 0 Å². The molecule has 9 nitrogen and oxygen atoms in total. The fraction of sp³-hybridized carbons (Fsp3) is 0.441. The van der Waals surface area contributed by atoms with Gasteiger partial charge >= 0.3 is 5.97 Å². The fourth-order valence-corrected chi connectivity index (χ4v) is 6.87. The third-order valence-corrected chi connectivity index (χ3v) is 9.44. The molecule has 5 unspecified atom stereocenters. The Hall–Kier alpha value is -3.28. The summed E-state index contributed by atoms with van der Waals surface area (Å²) in [6, 6.07) is 22.6. The molecule has 0 aliphatic carbocycles. The van der Waals surface area contributed by atoms with Crippen LogP contribution in [0.2, 0.25) is 0 Å². The number of nitrogens with zero attached hydrogens (tertiary/aromatic N) is 1. The molecule has 2 heterocycles. The van der Waals surface area contributed by atoms with Crippen molar-refractivity contribution in [1.82, 2.24) is 4.90 Å². The molecule has 0 spiro atoms. The first-order valence-electron chi connectivity index (χ1n) is 15.1. The van der Waals surface area contributed by atoms with Gasteiger partial charge in [-0.05, 0) is 75.5 Å². The lowest BCUT2D eigenvalue weighted by Gasteiger charge is -2.43. The number of carbonyl (C=O) groups excluding carboxylic acids is 1. The van der Waals surface area contributed by atoms with Gasteiger partial charge in [0, 0.05) is 23.7 Å². The molecule has 0 saturated carbocycles. The van der Waals surface area contributed by atoms with Gasteiger partial charge in [-0.3, -0.25) is 14.4 Å². The molecule has 2 fully saturated rings. The molecule has 0 amide bonds. The Morgan fingerprint density at radius 2 is 1.73 bits per heavy atom. The summed E-state index contributed by atoms with van der Waals surface area (Å²) >= 11 is 0. The highest BCUT2D eigenvalue weighted by Gasteiger charge is 2.42. The van der Waals surface area contributed by atoms with Crippen molar-refractivity contribution in [2.45, 2.75) is 82.2 Å². The van der Waals surface area contributed by atoms with E-state index in [4.69, 9.17) is 14.2 Å². The van der Waals surface area contributed by atoms with Crippen molar-refractivity contribution in [1.29, 1.82) is 0 Å². The third kappa shape index (κ3) is 7.68. The lowest BCUT2D eigenvalue weighted by atomic mass is 9.90. The van der Waals surface area contributed by atoms with E-state index in [9.17, 15) is 18.3 Å². The number of nitrogens with one attached hydrogen (secondary N) is 1. The highest BCUT2D eigenvalue weighted by molar-refractivity contribution is 7.92. The molecule has 0 radical (unpaired) electrons. The molecule has 5 atom stereocenters. The molecule has 2 N–H and O–H groups in total. The Labute approximate surface area is 260 Å². The molecule has 5 rings (SSSR count). The predicted molar refractivity (Wildman–Crippen MR) is 167 cm³/mol. The number of esters is 1. The number of rotatable bonds is 9. The van der Waals surface area contributed by atoms with Crippen LogP contribution in [0.3, 0.4) is 0 Å². The number of carbonyl (C=O) groups is 1. The minimum Gasteiger partial charge on any atom is -0.459 e. The average molecular weight is 623 g/mol. The van der Waals surface area contributed by atoms with Crippen LogP contribution >= 0.6 is 0 Å². The minimum atomic E-state index is -3.79. The lowest BCUT2D eigenvalue weighted by Crippen LogP contribution is -2.48. The molecule has 10 heteroatoms. The molecule has 0 bridgehead atoms. The van der Waals surface area contributed by atoms with E-state index in [0.29, 0.717) is 17.8 Å². The second-order valence-electron chi connectivity index (χ2n) is 12.6. The van der Waals surface area contributed by atoms with E-state index in [1.54, 1.807) is 48.5 Å². The summed E-state index contributed by atoms with van der Waals surface area (Å²) in [4.78, 5) is 15.4. The number of aliphatic hydroxyl groups is 1. The van der Waals surface area contributed by atoms with Crippen molar-refractivity contribution < 1.29 is 32.5 Å². The SMILES string of the molecule is CC1C(CN2CCCC2C(=O)OC(C)(C)C)OC(c2cccc(NS(=O)(=O)c3ccccc3)c2)OC1c1ccc(CO)cc1. The third-order valence-electron chi connectivity index (χ3n) is 8.04. The molecule has 2 aliphatic heterocycles. The van der Waals surface area contributed by atoms with Crippen LogP contribution in [-0.4, -0.2) is 55.2 Å². The van der Waals surface area contributed by atoms with E-state index in [2.05, 4.69) is 16.5 Å². The molecule has 3 aromatic carbocycles. The Balaban J connectivity index is 1.41. The average Bonchev–Trinajstić information content (AvgIpc) is 3.46. The first-order valence-corrected chi connectivity index (χ1v) is 16.6. The van der Waals surface area contributed by atoms with Gasteiger partial charge in [0.1, 0.15) is 11.6 Å². The molecule has 236 valence electrons. The lowest BCUT2D eigenvalue weighted by molar-refractivity contribution is -0.276. The van der Waals surface area contributed by atoms with E-state index in [0.717, 1.165) is 30.5 Å². The number of ether oxygens (including phenoxy) is 3. The van der Waals surface area contributed by atoms with Crippen molar-refractivity contribution in [2.24, 2.45) is 5.92 Å². The smallest absolute Gasteiger partial charge is 0.323 e. The van der Waals surface area contributed by atoms with Crippen LogP contribution in [0.25, 0.3) is 0 Å². The molecule has 44 heavy (non-hydrogen) atoms. The quantitative estimate of drug-likeness (QED) is 0.298. The molecular weight excluding hydrogens is 580 g/mol. The van der Waals surface area contributed by atoms with Crippen LogP contribution in [0.1, 0.15) is 69.6 Å². The van der Waals surface area contributed by atoms with Crippen LogP contribution in [0.4, 0.5) is 5.69 Å². The topological polar surface area (TPSA) is 114 Å². The van der Waals surface area contributed by atoms with E-state index < -0.39 is 21.9 Å². The van der Waals surface area contributed by atoms with Gasteiger partial charge in [0.15, 0.2) is 6.29 Å². The van der Waals surface area contributed by atoms with Crippen LogP contribution in [-0.2, 0) is 35.6 Å². The number of anilines is 1. The summed E-state index contributed by atoms with van der Waals surface area (Å²) in [5, 5.41) is 9.56. The summed E-state index contributed by atoms with van der Waals surface area (Å²) in [5.74, 6) is -0.299. The first kappa shape index (κ1) is 32.1. The van der Waals surface area contributed by atoms with Crippen LogP contribution in [0, 0.1) is 5.92 Å². The second kappa shape index (κ2) is 13.4. The molecule has 3 aromatic rings. The van der Waals surface area contributed by atoms with E-state index in [1.807, 2.05) is 51.1 Å².